The minimum Gasteiger partial charge on any atom is -0.508 e. The summed E-state index contributed by atoms with van der Waals surface area (Å²) in [5.41, 5.74) is 6.71. The predicted molar refractivity (Wildman–Crippen MR) is 249 cm³/mol. The van der Waals surface area contributed by atoms with E-state index in [1.807, 2.05) is 13.8 Å². The van der Waals surface area contributed by atoms with Crippen LogP contribution in [0.4, 0.5) is 0 Å². The van der Waals surface area contributed by atoms with Crippen molar-refractivity contribution < 1.29 is 48.6 Å². The first-order chi connectivity index (χ1) is 31.8. The molecular weight excluding hydrogens is 867 g/mol. The number of carbonyl (C=O) groups excluding carboxylic acids is 7. The lowest BCUT2D eigenvalue weighted by molar-refractivity contribution is -0.146. The molecule has 9 atom stereocenters. The van der Waals surface area contributed by atoms with Gasteiger partial charge in [0.1, 0.15) is 48.0 Å². The van der Waals surface area contributed by atoms with Gasteiger partial charge in [-0.05, 0) is 81.1 Å². The summed E-state index contributed by atoms with van der Waals surface area (Å²) in [6.07, 6.45) is 5.80. The molecule has 1 aromatic heterocycles. The van der Waals surface area contributed by atoms with Gasteiger partial charge in [0.2, 0.25) is 41.4 Å². The molecule has 1 aromatic carbocycles. The fraction of sp³-hybridized carbons (Fsp3) is 0.630. The maximum absolute atomic E-state index is 14.5. The van der Waals surface area contributed by atoms with Gasteiger partial charge in [-0.1, -0.05) is 66.5 Å². The number of carboxylic acids is 1. The summed E-state index contributed by atoms with van der Waals surface area (Å²) in [4.78, 5) is 118. The number of aromatic hydroxyl groups is 1. The number of carbonyl (C=O) groups is 8. The number of hydrogen-bond donors (Lipinski definition) is 11. The minimum absolute atomic E-state index is 0.0247. The van der Waals surface area contributed by atoms with Gasteiger partial charge >= 0.3 is 5.97 Å². The molecule has 3 rings (SSSR count). The maximum atomic E-state index is 14.5. The van der Waals surface area contributed by atoms with Crippen molar-refractivity contribution >= 4 is 47.3 Å². The fourth-order valence-corrected chi connectivity index (χ4v) is 7.76. The van der Waals surface area contributed by atoms with Crippen molar-refractivity contribution in [3.05, 3.63) is 48.0 Å². The first kappa shape index (κ1) is 55.2. The van der Waals surface area contributed by atoms with Crippen molar-refractivity contribution in [1.82, 2.24) is 52.1 Å². The maximum Gasteiger partial charge on any atom is 0.326 e. The van der Waals surface area contributed by atoms with Crippen LogP contribution >= 0.6 is 0 Å². The molecule has 0 aliphatic carbocycles. The number of hydrogen-bond acceptors (Lipinski definition) is 12. The Labute approximate surface area is 392 Å². The number of amides is 7. The molecule has 1 aliphatic rings. The molecule has 1 saturated heterocycles. The number of imidazole rings is 1. The monoisotopic (exact) mass is 940 g/mol. The van der Waals surface area contributed by atoms with Gasteiger partial charge in [0.05, 0.1) is 12.9 Å². The second-order valence-corrected chi connectivity index (χ2v) is 17.7. The van der Waals surface area contributed by atoms with Crippen molar-refractivity contribution in [2.75, 3.05) is 26.7 Å². The molecule has 21 heteroatoms. The molecule has 0 unspecified atom stereocenters. The minimum atomic E-state index is -1.32. The molecule has 1 fully saturated rings. The molecule has 0 spiro atoms. The van der Waals surface area contributed by atoms with E-state index < -0.39 is 101 Å². The molecule has 372 valence electrons. The van der Waals surface area contributed by atoms with Gasteiger partial charge in [0.25, 0.3) is 0 Å². The van der Waals surface area contributed by atoms with Crippen molar-refractivity contribution in [2.24, 2.45) is 23.5 Å². The third-order valence-corrected chi connectivity index (χ3v) is 12.2. The molecule has 1 aliphatic heterocycles. The summed E-state index contributed by atoms with van der Waals surface area (Å²) >= 11 is 0. The number of carboxylic acid groups (broad SMARTS) is 1. The number of likely N-dealkylation sites (N-methyl/N-ethyl adjacent to an activating group) is 1. The number of aromatic nitrogens is 2. The molecule has 0 radical (unpaired) electrons. The van der Waals surface area contributed by atoms with Gasteiger partial charge in [-0.2, -0.15) is 0 Å². The smallest absolute Gasteiger partial charge is 0.326 e. The van der Waals surface area contributed by atoms with E-state index in [4.69, 9.17) is 5.73 Å². The Morgan fingerprint density at radius 3 is 1.97 bits per heavy atom. The molecule has 0 saturated carbocycles. The molecule has 67 heavy (non-hydrogen) atoms. The van der Waals surface area contributed by atoms with Gasteiger partial charge in [-0.25, -0.2) is 9.78 Å². The Balaban J connectivity index is 1.92. The van der Waals surface area contributed by atoms with Crippen LogP contribution < -0.4 is 43.0 Å². The number of aromatic amines is 1. The normalized spacial score (nSPS) is 17.1. The summed E-state index contributed by atoms with van der Waals surface area (Å²) in [6.45, 7) is 11.0. The van der Waals surface area contributed by atoms with Gasteiger partial charge in [0, 0.05) is 31.3 Å². The predicted octanol–water partition coefficient (Wildman–Crippen LogP) is -0.0185. The molecule has 7 amide bonds. The lowest BCUT2D eigenvalue weighted by atomic mass is 9.96. The number of rotatable bonds is 28. The van der Waals surface area contributed by atoms with Crippen molar-refractivity contribution in [3.8, 4) is 5.75 Å². The summed E-state index contributed by atoms with van der Waals surface area (Å²) in [7, 11) is 1.59. The van der Waals surface area contributed by atoms with Gasteiger partial charge in [-0.15, -0.1) is 0 Å². The molecule has 12 N–H and O–H groups in total. The number of phenols is 1. The largest absolute Gasteiger partial charge is 0.508 e. The summed E-state index contributed by atoms with van der Waals surface area (Å²) in [6, 6.07) is -2.10. The van der Waals surface area contributed by atoms with Crippen LogP contribution in [0.25, 0.3) is 0 Å². The van der Waals surface area contributed by atoms with Crippen molar-refractivity contribution in [2.45, 2.75) is 142 Å². The number of aliphatic carboxylic acids is 1. The van der Waals surface area contributed by atoms with Crippen LogP contribution in [0.2, 0.25) is 0 Å². The standard InChI is InChI=1S/C46H73N11O10/c1-8-27(5)38(44(64)53-34(22-30-23-49-25-50-30)45(65)57-20-12-14-35(57)42(62)56-39(46(66)67)28(6)9-2)55-41(61)33(21-29-15-17-31(58)18-16-29)52-43(63)37(26(3)4)54-40(60)32(13-10-11-19-47)51-36(59)24-48-7/h15-18,23,25-28,32-35,37-39,48,58H,8-14,19-22,24,47H2,1-7H3,(H,49,50)(H,51,59)(H,52,63)(H,53,64)(H,54,60)(H,55,61)(H,56,62)(H,66,67)/t27-,28-,32+,33-,34-,35-,37-,38-,39-/m0/s1. The van der Waals surface area contributed by atoms with Crippen LogP contribution in [0.15, 0.2) is 36.8 Å². The number of benzene rings is 1. The summed E-state index contributed by atoms with van der Waals surface area (Å²) < 4.78 is 0. The highest BCUT2D eigenvalue weighted by Gasteiger charge is 2.41. The second-order valence-electron chi connectivity index (χ2n) is 17.7. The van der Waals surface area contributed by atoms with E-state index in [1.165, 1.54) is 29.6 Å². The van der Waals surface area contributed by atoms with Crippen molar-refractivity contribution in [3.63, 3.8) is 0 Å². The number of nitrogens with zero attached hydrogens (tertiary/aromatic N) is 2. The first-order valence-corrected chi connectivity index (χ1v) is 23.3. The summed E-state index contributed by atoms with van der Waals surface area (Å²) in [5.74, 6) is -6.98. The Morgan fingerprint density at radius 2 is 1.39 bits per heavy atom. The van der Waals surface area contributed by atoms with Crippen LogP contribution in [-0.4, -0.2) is 141 Å². The van der Waals surface area contributed by atoms with E-state index in [0.29, 0.717) is 49.9 Å². The van der Waals surface area contributed by atoms with Crippen LogP contribution in [0.1, 0.15) is 97.7 Å². The number of phenolic OH excluding ortho intramolecular Hbond substituents is 1. The zero-order chi connectivity index (χ0) is 49.8. The number of likely N-dealkylation sites (tertiary alicyclic amines) is 1. The number of unbranched alkanes of at least 4 members (excludes halogenated alkanes) is 1. The molecule has 0 bridgehead atoms. The molecule has 2 aromatic rings. The fourth-order valence-electron chi connectivity index (χ4n) is 7.76. The zero-order valence-corrected chi connectivity index (χ0v) is 39.9. The van der Waals surface area contributed by atoms with Crippen LogP contribution in [0.3, 0.4) is 0 Å². The van der Waals surface area contributed by atoms with Gasteiger partial charge in [0.15, 0.2) is 0 Å². The topological polar surface area (TPSA) is 319 Å². The molecular formula is C46H73N11O10. The van der Waals surface area contributed by atoms with Crippen LogP contribution in [0, 0.1) is 17.8 Å². The number of H-pyrrole nitrogens is 1. The highest BCUT2D eigenvalue weighted by molar-refractivity contribution is 5.98. The Morgan fingerprint density at radius 1 is 0.776 bits per heavy atom. The van der Waals surface area contributed by atoms with E-state index in [0.717, 1.165) is 0 Å². The van der Waals surface area contributed by atoms with E-state index in [-0.39, 0.29) is 50.4 Å². The Hall–Kier alpha value is -6.09. The number of nitrogens with two attached hydrogens (primary N) is 1. The summed E-state index contributed by atoms with van der Waals surface area (Å²) in [5, 5.41) is 39.0. The third kappa shape index (κ3) is 16.9. The van der Waals surface area contributed by atoms with Crippen LogP contribution in [-0.2, 0) is 51.2 Å². The Kier molecular flexibility index (Phi) is 22.7. The second kappa shape index (κ2) is 27.5. The van der Waals surface area contributed by atoms with E-state index in [2.05, 4.69) is 47.2 Å². The van der Waals surface area contributed by atoms with Crippen molar-refractivity contribution in [1.29, 1.82) is 0 Å². The van der Waals surface area contributed by atoms with Gasteiger partial charge < -0.3 is 63.0 Å². The Bertz CT molecular complexity index is 1950. The highest BCUT2D eigenvalue weighted by atomic mass is 16.4. The quantitative estimate of drug-likeness (QED) is 0.0501. The lowest BCUT2D eigenvalue weighted by Gasteiger charge is -2.32. The van der Waals surface area contributed by atoms with Gasteiger partial charge in [-0.3, -0.25) is 33.6 Å². The average molecular weight is 940 g/mol. The lowest BCUT2D eigenvalue weighted by Crippen LogP contribution is -2.62. The average Bonchev–Trinajstić information content (AvgIpc) is 4.01. The molecule has 21 nitrogen and oxygen atoms in total. The zero-order valence-electron chi connectivity index (χ0n) is 39.9. The number of nitrogens with one attached hydrogen (secondary N) is 8. The van der Waals surface area contributed by atoms with Crippen LogP contribution in [0.5, 0.6) is 5.75 Å². The van der Waals surface area contributed by atoms with E-state index in [9.17, 15) is 48.6 Å². The third-order valence-electron chi connectivity index (χ3n) is 12.2. The van der Waals surface area contributed by atoms with E-state index >= 15 is 0 Å². The highest BCUT2D eigenvalue weighted by Crippen LogP contribution is 2.22. The van der Waals surface area contributed by atoms with E-state index in [1.54, 1.807) is 46.9 Å². The molecule has 2 heterocycles. The SMILES string of the molecule is CC[C@H](C)[C@H](NC(=O)[C@@H]1CCCN1C(=O)[C@H](Cc1cnc[nH]1)NC(=O)[C@@H](NC(=O)[C@H](Cc1ccc(O)cc1)NC(=O)[C@@H](NC(=O)[C@@H](CCCCN)NC(=O)CNC)C(C)C)[C@@H](C)CC)C(=O)O. The first-order valence-electron chi connectivity index (χ1n) is 23.3.